The highest BCUT2D eigenvalue weighted by atomic mass is 35.5. The van der Waals surface area contributed by atoms with Crippen molar-refractivity contribution < 1.29 is 9.84 Å². The Morgan fingerprint density at radius 1 is 1.10 bits per heavy atom. The number of hydrogen-bond acceptors (Lipinski definition) is 2. The number of aryl methyl sites for hydroxylation is 1. The average molecular weight is 291 g/mol. The molecule has 2 aromatic rings. The summed E-state index contributed by atoms with van der Waals surface area (Å²) in [5, 5.41) is 10.9. The zero-order valence-electron chi connectivity index (χ0n) is 11.6. The van der Waals surface area contributed by atoms with E-state index in [-0.39, 0.29) is 0 Å². The lowest BCUT2D eigenvalue weighted by Gasteiger charge is -2.16. The molecule has 3 heteroatoms. The normalized spacial score (nSPS) is 12.2. The van der Waals surface area contributed by atoms with E-state index in [4.69, 9.17) is 16.3 Å². The van der Waals surface area contributed by atoms with Crippen LogP contribution in [0, 0.1) is 0 Å². The van der Waals surface area contributed by atoms with Gasteiger partial charge in [-0.3, -0.25) is 0 Å². The maximum atomic E-state index is 10.3. The smallest absolute Gasteiger partial charge is 0.126 e. The quantitative estimate of drug-likeness (QED) is 0.854. The second-order valence-electron chi connectivity index (χ2n) is 4.75. The Morgan fingerprint density at radius 2 is 1.85 bits per heavy atom. The third-order valence-corrected chi connectivity index (χ3v) is 3.68. The number of hydrogen-bond donors (Lipinski definition) is 1. The van der Waals surface area contributed by atoms with E-state index in [9.17, 15) is 5.11 Å². The van der Waals surface area contributed by atoms with Gasteiger partial charge >= 0.3 is 0 Å². The van der Waals surface area contributed by atoms with Gasteiger partial charge < -0.3 is 9.84 Å². The van der Waals surface area contributed by atoms with Crippen molar-refractivity contribution in [3.8, 4) is 5.75 Å². The van der Waals surface area contributed by atoms with Gasteiger partial charge in [0.2, 0.25) is 0 Å². The molecule has 0 aliphatic carbocycles. The van der Waals surface area contributed by atoms with Gasteiger partial charge in [0, 0.05) is 5.56 Å². The second-order valence-corrected chi connectivity index (χ2v) is 5.16. The van der Waals surface area contributed by atoms with Gasteiger partial charge in [-0.25, -0.2) is 0 Å². The van der Waals surface area contributed by atoms with Gasteiger partial charge in [-0.1, -0.05) is 48.0 Å². The van der Waals surface area contributed by atoms with E-state index < -0.39 is 6.10 Å². The van der Waals surface area contributed by atoms with Crippen LogP contribution in [0.4, 0.5) is 0 Å². The topological polar surface area (TPSA) is 29.5 Å². The highest BCUT2D eigenvalue weighted by molar-refractivity contribution is 6.31. The molecular formula is C17H19ClO2. The predicted molar refractivity (Wildman–Crippen MR) is 82.3 cm³/mol. The molecule has 0 saturated heterocycles. The number of rotatable bonds is 6. The summed E-state index contributed by atoms with van der Waals surface area (Å²) in [6.07, 6.45) is 1.92. The van der Waals surface area contributed by atoms with Crippen LogP contribution in [0.2, 0.25) is 5.02 Å². The SMILES string of the molecule is COc1cccc(Cl)c1C(O)CCCc1ccccc1. The number of benzene rings is 2. The molecule has 0 fully saturated rings. The monoisotopic (exact) mass is 290 g/mol. The van der Waals surface area contributed by atoms with Gasteiger partial charge in [0.15, 0.2) is 0 Å². The molecule has 0 spiro atoms. The third kappa shape index (κ3) is 3.75. The van der Waals surface area contributed by atoms with Crippen LogP contribution in [0.15, 0.2) is 48.5 Å². The molecule has 1 unspecified atom stereocenters. The van der Waals surface area contributed by atoms with Crippen LogP contribution in [-0.4, -0.2) is 12.2 Å². The van der Waals surface area contributed by atoms with Crippen molar-refractivity contribution in [2.75, 3.05) is 7.11 Å². The van der Waals surface area contributed by atoms with Gasteiger partial charge in [0.05, 0.1) is 18.2 Å². The molecule has 0 aliphatic rings. The lowest BCUT2D eigenvalue weighted by Crippen LogP contribution is -2.02. The summed E-state index contributed by atoms with van der Waals surface area (Å²) in [6, 6.07) is 15.7. The van der Waals surface area contributed by atoms with E-state index in [0.29, 0.717) is 22.8 Å². The Morgan fingerprint density at radius 3 is 2.55 bits per heavy atom. The Labute approximate surface area is 125 Å². The molecule has 2 rings (SSSR count). The van der Waals surface area contributed by atoms with Crippen molar-refractivity contribution in [3.05, 3.63) is 64.7 Å². The Balaban J connectivity index is 1.97. The Kier molecular flexibility index (Phi) is 5.45. The number of ether oxygens (including phenoxy) is 1. The Bertz CT molecular complexity index is 540. The van der Waals surface area contributed by atoms with E-state index in [0.717, 1.165) is 12.8 Å². The fourth-order valence-electron chi connectivity index (χ4n) is 2.31. The standard InChI is InChI=1S/C17H19ClO2/c1-20-16-12-6-10-14(18)17(16)15(19)11-5-9-13-7-3-2-4-8-13/h2-4,6-8,10,12,15,19H,5,9,11H2,1H3. The van der Waals surface area contributed by atoms with Crippen molar-refractivity contribution >= 4 is 11.6 Å². The minimum atomic E-state index is -0.595. The van der Waals surface area contributed by atoms with Crippen LogP contribution >= 0.6 is 11.6 Å². The van der Waals surface area contributed by atoms with Crippen molar-refractivity contribution in [2.24, 2.45) is 0 Å². The van der Waals surface area contributed by atoms with Crippen molar-refractivity contribution in [1.29, 1.82) is 0 Å². The summed E-state index contributed by atoms with van der Waals surface area (Å²) in [5.41, 5.74) is 1.97. The fraction of sp³-hybridized carbons (Fsp3) is 0.294. The third-order valence-electron chi connectivity index (χ3n) is 3.35. The highest BCUT2D eigenvalue weighted by Crippen LogP contribution is 2.34. The molecule has 20 heavy (non-hydrogen) atoms. The molecule has 2 nitrogen and oxygen atoms in total. The molecule has 106 valence electrons. The minimum Gasteiger partial charge on any atom is -0.496 e. The van der Waals surface area contributed by atoms with Gasteiger partial charge in [0.1, 0.15) is 5.75 Å². The van der Waals surface area contributed by atoms with Gasteiger partial charge in [-0.05, 0) is 37.0 Å². The Hall–Kier alpha value is -1.51. The van der Waals surface area contributed by atoms with Crippen molar-refractivity contribution in [2.45, 2.75) is 25.4 Å². The molecule has 0 aliphatic heterocycles. The number of halogens is 1. The first-order chi connectivity index (χ1) is 9.72. The minimum absolute atomic E-state index is 0.552. The molecular weight excluding hydrogens is 272 g/mol. The summed E-state index contributed by atoms with van der Waals surface area (Å²) >= 11 is 6.16. The zero-order chi connectivity index (χ0) is 14.4. The summed E-state index contributed by atoms with van der Waals surface area (Å²) in [5.74, 6) is 0.643. The van der Waals surface area contributed by atoms with Crippen LogP contribution in [0.5, 0.6) is 5.75 Å². The van der Waals surface area contributed by atoms with E-state index in [2.05, 4.69) is 12.1 Å². The first kappa shape index (κ1) is 14.9. The molecule has 0 radical (unpaired) electrons. The first-order valence-electron chi connectivity index (χ1n) is 6.76. The van der Waals surface area contributed by atoms with Crippen LogP contribution in [-0.2, 0) is 6.42 Å². The average Bonchev–Trinajstić information content (AvgIpc) is 2.47. The zero-order valence-corrected chi connectivity index (χ0v) is 12.3. The maximum Gasteiger partial charge on any atom is 0.126 e. The van der Waals surface area contributed by atoms with E-state index in [1.54, 1.807) is 13.2 Å². The van der Waals surface area contributed by atoms with E-state index in [1.165, 1.54) is 5.56 Å². The fourth-order valence-corrected chi connectivity index (χ4v) is 2.60. The van der Waals surface area contributed by atoms with E-state index >= 15 is 0 Å². The second kappa shape index (κ2) is 7.32. The van der Waals surface area contributed by atoms with Gasteiger partial charge in [-0.15, -0.1) is 0 Å². The highest BCUT2D eigenvalue weighted by Gasteiger charge is 2.16. The lowest BCUT2D eigenvalue weighted by molar-refractivity contribution is 0.161. The van der Waals surface area contributed by atoms with Crippen LogP contribution in [0.25, 0.3) is 0 Å². The predicted octanol–water partition coefficient (Wildman–Crippen LogP) is 4.40. The lowest BCUT2D eigenvalue weighted by atomic mass is 10.0. The van der Waals surface area contributed by atoms with Crippen LogP contribution in [0.3, 0.4) is 0 Å². The number of methoxy groups -OCH3 is 1. The molecule has 0 bridgehead atoms. The molecule has 0 saturated carbocycles. The summed E-state index contributed by atoms with van der Waals surface area (Å²) < 4.78 is 5.27. The van der Waals surface area contributed by atoms with Crippen LogP contribution in [0.1, 0.15) is 30.1 Å². The first-order valence-corrected chi connectivity index (χ1v) is 7.14. The molecule has 0 heterocycles. The molecule has 1 N–H and O–H groups in total. The van der Waals surface area contributed by atoms with E-state index in [1.807, 2.05) is 30.3 Å². The van der Waals surface area contributed by atoms with Crippen LogP contribution < -0.4 is 4.74 Å². The summed E-state index contributed by atoms with van der Waals surface area (Å²) in [4.78, 5) is 0. The van der Waals surface area contributed by atoms with Gasteiger partial charge in [0.25, 0.3) is 0 Å². The number of aliphatic hydroxyl groups is 1. The van der Waals surface area contributed by atoms with Crippen molar-refractivity contribution in [3.63, 3.8) is 0 Å². The maximum absolute atomic E-state index is 10.3. The van der Waals surface area contributed by atoms with Crippen molar-refractivity contribution in [1.82, 2.24) is 0 Å². The molecule has 0 amide bonds. The summed E-state index contributed by atoms with van der Waals surface area (Å²) in [7, 11) is 1.59. The molecule has 0 aromatic heterocycles. The van der Waals surface area contributed by atoms with Gasteiger partial charge in [-0.2, -0.15) is 0 Å². The summed E-state index contributed by atoms with van der Waals surface area (Å²) in [6.45, 7) is 0. The molecule has 1 atom stereocenters. The largest absolute Gasteiger partial charge is 0.496 e. The number of aliphatic hydroxyl groups excluding tert-OH is 1. The molecule has 2 aromatic carbocycles.